The maximum absolute atomic E-state index is 12.2. The molecule has 88 valence electrons. The Morgan fingerprint density at radius 2 is 1.82 bits per heavy atom. The average Bonchev–Trinajstić information content (AvgIpc) is 2.69. The van der Waals surface area contributed by atoms with E-state index in [1.54, 1.807) is 18.2 Å². The molecule has 0 saturated heterocycles. The minimum Gasteiger partial charge on any atom is -0.458 e. The first kappa shape index (κ1) is 12.6. The lowest BCUT2D eigenvalue weighted by Crippen LogP contribution is -2.01. The van der Waals surface area contributed by atoms with Crippen LogP contribution in [0.2, 0.25) is 0 Å². The fourth-order valence-electron chi connectivity index (χ4n) is 1.51. The molecule has 0 aliphatic heterocycles. The molecular formula is C13H10Br2O2. The van der Waals surface area contributed by atoms with Crippen molar-refractivity contribution < 1.29 is 9.21 Å². The maximum atomic E-state index is 12.2. The van der Waals surface area contributed by atoms with Gasteiger partial charge in [-0.05, 0) is 43.7 Å². The van der Waals surface area contributed by atoms with Crippen LogP contribution in [0.4, 0.5) is 0 Å². The number of ketones is 1. The Bertz CT molecular complexity index is 585. The minimum absolute atomic E-state index is 0.120. The van der Waals surface area contributed by atoms with E-state index >= 15 is 0 Å². The standard InChI is InChI=1S/C13H10Br2O2/c1-7-5-11(15)9(6-10(7)14)13(16)12-4-3-8(2)17-12/h3-6H,1-2H3. The Labute approximate surface area is 116 Å². The van der Waals surface area contributed by atoms with Crippen LogP contribution in [0.15, 0.2) is 37.6 Å². The fourth-order valence-corrected chi connectivity index (χ4v) is 2.49. The van der Waals surface area contributed by atoms with Gasteiger partial charge in [0, 0.05) is 14.5 Å². The van der Waals surface area contributed by atoms with Crippen LogP contribution in [0, 0.1) is 13.8 Å². The summed E-state index contributed by atoms with van der Waals surface area (Å²) >= 11 is 6.83. The third-order valence-electron chi connectivity index (χ3n) is 2.46. The number of furan rings is 1. The number of carbonyl (C=O) groups excluding carboxylic acids is 1. The molecule has 2 aromatic rings. The van der Waals surface area contributed by atoms with Crippen molar-refractivity contribution in [2.45, 2.75) is 13.8 Å². The fraction of sp³-hybridized carbons (Fsp3) is 0.154. The molecule has 1 heterocycles. The van der Waals surface area contributed by atoms with Gasteiger partial charge in [-0.15, -0.1) is 0 Å². The van der Waals surface area contributed by atoms with Gasteiger partial charge >= 0.3 is 0 Å². The number of aryl methyl sites for hydroxylation is 2. The summed E-state index contributed by atoms with van der Waals surface area (Å²) in [5.41, 5.74) is 1.67. The number of halogens is 2. The van der Waals surface area contributed by atoms with Gasteiger partial charge in [-0.1, -0.05) is 31.9 Å². The van der Waals surface area contributed by atoms with Gasteiger partial charge in [0.05, 0.1) is 0 Å². The Balaban J connectivity index is 2.47. The molecule has 0 fully saturated rings. The number of hydrogen-bond donors (Lipinski definition) is 0. The average molecular weight is 358 g/mol. The number of benzene rings is 1. The van der Waals surface area contributed by atoms with Crippen LogP contribution in [0.25, 0.3) is 0 Å². The molecule has 0 bridgehead atoms. The quantitative estimate of drug-likeness (QED) is 0.732. The van der Waals surface area contributed by atoms with E-state index in [4.69, 9.17) is 4.42 Å². The summed E-state index contributed by atoms with van der Waals surface area (Å²) < 4.78 is 7.02. The molecule has 0 aliphatic carbocycles. The molecule has 2 nitrogen and oxygen atoms in total. The van der Waals surface area contributed by atoms with Crippen LogP contribution in [-0.4, -0.2) is 5.78 Å². The first-order valence-corrected chi connectivity index (χ1v) is 6.64. The van der Waals surface area contributed by atoms with Crippen LogP contribution in [0.1, 0.15) is 27.4 Å². The van der Waals surface area contributed by atoms with Crippen LogP contribution < -0.4 is 0 Å². The largest absolute Gasteiger partial charge is 0.458 e. The van der Waals surface area contributed by atoms with Gasteiger partial charge in [0.1, 0.15) is 5.76 Å². The highest BCUT2D eigenvalue weighted by Gasteiger charge is 2.17. The number of hydrogen-bond acceptors (Lipinski definition) is 2. The molecule has 2 rings (SSSR count). The van der Waals surface area contributed by atoms with Crippen molar-refractivity contribution >= 4 is 37.6 Å². The van der Waals surface area contributed by atoms with Gasteiger partial charge in [-0.2, -0.15) is 0 Å². The molecule has 1 aromatic heterocycles. The van der Waals surface area contributed by atoms with E-state index in [1.165, 1.54) is 0 Å². The zero-order valence-electron chi connectivity index (χ0n) is 9.38. The molecule has 0 amide bonds. The lowest BCUT2D eigenvalue weighted by Gasteiger charge is -2.05. The smallest absolute Gasteiger partial charge is 0.229 e. The normalized spacial score (nSPS) is 10.6. The van der Waals surface area contributed by atoms with Crippen LogP contribution >= 0.6 is 31.9 Å². The van der Waals surface area contributed by atoms with Crippen molar-refractivity contribution in [3.63, 3.8) is 0 Å². The van der Waals surface area contributed by atoms with Gasteiger partial charge in [0.25, 0.3) is 0 Å². The third-order valence-corrected chi connectivity index (χ3v) is 3.97. The van der Waals surface area contributed by atoms with Crippen molar-refractivity contribution in [3.8, 4) is 0 Å². The lowest BCUT2D eigenvalue weighted by atomic mass is 10.1. The van der Waals surface area contributed by atoms with E-state index in [-0.39, 0.29) is 5.78 Å². The second kappa shape index (κ2) is 4.78. The van der Waals surface area contributed by atoms with Gasteiger partial charge in [-0.25, -0.2) is 0 Å². The monoisotopic (exact) mass is 356 g/mol. The van der Waals surface area contributed by atoms with Crippen molar-refractivity contribution in [3.05, 3.63) is 55.9 Å². The Kier molecular flexibility index (Phi) is 3.54. The highest BCUT2D eigenvalue weighted by molar-refractivity contribution is 9.11. The van der Waals surface area contributed by atoms with Crippen LogP contribution in [-0.2, 0) is 0 Å². The molecule has 1 aromatic carbocycles. The molecule has 17 heavy (non-hydrogen) atoms. The summed E-state index contributed by atoms with van der Waals surface area (Å²) in [7, 11) is 0. The highest BCUT2D eigenvalue weighted by Crippen LogP contribution is 2.27. The zero-order chi connectivity index (χ0) is 12.6. The lowest BCUT2D eigenvalue weighted by molar-refractivity contribution is 0.101. The summed E-state index contributed by atoms with van der Waals surface area (Å²) in [5, 5.41) is 0. The molecule has 0 N–H and O–H groups in total. The first-order valence-electron chi connectivity index (χ1n) is 5.06. The van der Waals surface area contributed by atoms with Crippen molar-refractivity contribution in [2.75, 3.05) is 0 Å². The first-order chi connectivity index (χ1) is 7.99. The molecule has 0 radical (unpaired) electrons. The molecule has 0 unspecified atom stereocenters. The summed E-state index contributed by atoms with van der Waals surface area (Å²) in [5.74, 6) is 0.972. The zero-order valence-corrected chi connectivity index (χ0v) is 12.6. The molecule has 0 spiro atoms. The molecule has 0 saturated carbocycles. The van der Waals surface area contributed by atoms with Crippen LogP contribution in [0.5, 0.6) is 0 Å². The topological polar surface area (TPSA) is 30.2 Å². The predicted octanol–water partition coefficient (Wildman–Crippen LogP) is 4.65. The molecular weight excluding hydrogens is 348 g/mol. The molecule has 0 aliphatic rings. The van der Waals surface area contributed by atoms with E-state index in [2.05, 4.69) is 31.9 Å². The van der Waals surface area contributed by atoms with E-state index in [9.17, 15) is 4.79 Å². The van der Waals surface area contributed by atoms with Crippen molar-refractivity contribution in [1.29, 1.82) is 0 Å². The summed E-state index contributed by atoms with van der Waals surface area (Å²) in [6, 6.07) is 7.19. The Hall–Kier alpha value is -0.870. The Morgan fingerprint density at radius 1 is 1.12 bits per heavy atom. The van der Waals surface area contributed by atoms with Gasteiger partial charge in [0.15, 0.2) is 5.76 Å². The van der Waals surface area contributed by atoms with E-state index < -0.39 is 0 Å². The van der Waals surface area contributed by atoms with Gasteiger partial charge in [0.2, 0.25) is 5.78 Å². The van der Waals surface area contributed by atoms with Crippen molar-refractivity contribution in [2.24, 2.45) is 0 Å². The third kappa shape index (κ3) is 2.53. The summed E-state index contributed by atoms with van der Waals surface area (Å²) in [6.45, 7) is 3.79. The molecule has 4 heteroatoms. The SMILES string of the molecule is Cc1ccc(C(=O)c2cc(Br)c(C)cc2Br)o1. The number of rotatable bonds is 2. The maximum Gasteiger partial charge on any atom is 0.229 e. The number of carbonyl (C=O) groups is 1. The molecule has 0 atom stereocenters. The van der Waals surface area contributed by atoms with E-state index in [1.807, 2.05) is 19.9 Å². The van der Waals surface area contributed by atoms with Crippen LogP contribution in [0.3, 0.4) is 0 Å². The minimum atomic E-state index is -0.120. The van der Waals surface area contributed by atoms with Crippen molar-refractivity contribution in [1.82, 2.24) is 0 Å². The van der Waals surface area contributed by atoms with Gasteiger partial charge in [-0.3, -0.25) is 4.79 Å². The van der Waals surface area contributed by atoms with Gasteiger partial charge < -0.3 is 4.42 Å². The predicted molar refractivity (Wildman–Crippen MR) is 73.5 cm³/mol. The second-order valence-electron chi connectivity index (χ2n) is 3.82. The summed E-state index contributed by atoms with van der Waals surface area (Å²) in [6.07, 6.45) is 0. The second-order valence-corrected chi connectivity index (χ2v) is 5.53. The summed E-state index contributed by atoms with van der Waals surface area (Å²) in [4.78, 5) is 12.2. The van der Waals surface area contributed by atoms with E-state index in [0.29, 0.717) is 11.3 Å². The van der Waals surface area contributed by atoms with E-state index in [0.717, 1.165) is 20.3 Å². The highest BCUT2D eigenvalue weighted by atomic mass is 79.9. The Morgan fingerprint density at radius 3 is 2.41 bits per heavy atom.